The molecule has 24 heavy (non-hydrogen) atoms. The standard InChI is InChI=1S/C19H10ClN3S/c20-18-15(11-21)17(13-7-3-1-4-8-13)16(12-22)19(23-18)24-14-9-5-2-6-10-14/h1-10H. The molecular weight excluding hydrogens is 338 g/mol. The lowest BCUT2D eigenvalue weighted by atomic mass is 9.98. The van der Waals surface area contributed by atoms with E-state index in [1.54, 1.807) is 0 Å². The topological polar surface area (TPSA) is 60.5 Å². The Morgan fingerprint density at radius 3 is 2.00 bits per heavy atom. The molecule has 1 heterocycles. The highest BCUT2D eigenvalue weighted by atomic mass is 35.5. The zero-order valence-electron chi connectivity index (χ0n) is 12.4. The average molecular weight is 348 g/mol. The molecule has 114 valence electrons. The zero-order chi connectivity index (χ0) is 16.9. The van der Waals surface area contributed by atoms with E-state index in [4.69, 9.17) is 11.6 Å². The van der Waals surface area contributed by atoms with E-state index < -0.39 is 0 Å². The Morgan fingerprint density at radius 2 is 1.42 bits per heavy atom. The lowest BCUT2D eigenvalue weighted by Crippen LogP contribution is -1.98. The van der Waals surface area contributed by atoms with E-state index in [0.29, 0.717) is 16.2 Å². The summed E-state index contributed by atoms with van der Waals surface area (Å²) in [7, 11) is 0. The van der Waals surface area contributed by atoms with Crippen LogP contribution in [0.1, 0.15) is 11.1 Å². The molecule has 0 unspecified atom stereocenters. The van der Waals surface area contributed by atoms with E-state index in [0.717, 1.165) is 10.5 Å². The van der Waals surface area contributed by atoms with Gasteiger partial charge in [-0.05, 0) is 17.7 Å². The third-order valence-electron chi connectivity index (χ3n) is 3.36. The van der Waals surface area contributed by atoms with Crippen LogP contribution in [-0.4, -0.2) is 4.98 Å². The predicted octanol–water partition coefficient (Wildman–Crippen LogP) is 5.30. The van der Waals surface area contributed by atoms with Crippen LogP contribution >= 0.6 is 23.4 Å². The van der Waals surface area contributed by atoms with Gasteiger partial charge < -0.3 is 0 Å². The van der Waals surface area contributed by atoms with Crippen LogP contribution in [0.4, 0.5) is 0 Å². The van der Waals surface area contributed by atoms with Gasteiger partial charge in [0.05, 0.1) is 11.1 Å². The third-order valence-corrected chi connectivity index (χ3v) is 4.63. The lowest BCUT2D eigenvalue weighted by molar-refractivity contribution is 1.10. The maximum absolute atomic E-state index is 9.69. The van der Waals surface area contributed by atoms with Crippen LogP contribution in [0, 0.1) is 22.7 Å². The van der Waals surface area contributed by atoms with Gasteiger partial charge in [0.1, 0.15) is 22.3 Å². The number of nitrogens with zero attached hydrogens (tertiary/aromatic N) is 3. The van der Waals surface area contributed by atoms with E-state index >= 15 is 0 Å². The summed E-state index contributed by atoms with van der Waals surface area (Å²) in [5.41, 5.74) is 1.87. The van der Waals surface area contributed by atoms with E-state index in [1.165, 1.54) is 11.8 Å². The first-order valence-corrected chi connectivity index (χ1v) is 8.26. The van der Waals surface area contributed by atoms with Gasteiger partial charge in [0, 0.05) is 10.5 Å². The number of pyridine rings is 1. The second kappa shape index (κ2) is 7.19. The van der Waals surface area contributed by atoms with Gasteiger partial charge in [-0.1, -0.05) is 71.9 Å². The summed E-state index contributed by atoms with van der Waals surface area (Å²) in [5.74, 6) is 0. The molecule has 0 N–H and O–H groups in total. The Labute approximate surface area is 149 Å². The van der Waals surface area contributed by atoms with Crippen LogP contribution in [0.3, 0.4) is 0 Å². The average Bonchev–Trinajstić information content (AvgIpc) is 2.63. The smallest absolute Gasteiger partial charge is 0.148 e. The molecule has 3 aromatic rings. The summed E-state index contributed by atoms with van der Waals surface area (Å²) < 4.78 is 0. The molecule has 3 rings (SSSR count). The number of nitriles is 2. The maximum atomic E-state index is 9.69. The van der Waals surface area contributed by atoms with Gasteiger partial charge in [0.25, 0.3) is 0 Å². The minimum Gasteiger partial charge on any atom is -0.227 e. The van der Waals surface area contributed by atoms with Crippen LogP contribution in [0.25, 0.3) is 11.1 Å². The summed E-state index contributed by atoms with van der Waals surface area (Å²) in [5, 5.41) is 19.8. The van der Waals surface area contributed by atoms with Crippen LogP contribution in [0.5, 0.6) is 0 Å². The van der Waals surface area contributed by atoms with Gasteiger partial charge in [0.2, 0.25) is 0 Å². The van der Waals surface area contributed by atoms with Gasteiger partial charge in [-0.15, -0.1) is 0 Å². The number of benzene rings is 2. The SMILES string of the molecule is N#Cc1c(Cl)nc(Sc2ccccc2)c(C#N)c1-c1ccccc1. The van der Waals surface area contributed by atoms with Crippen molar-refractivity contribution in [2.45, 2.75) is 9.92 Å². The number of halogens is 1. The van der Waals surface area contributed by atoms with Crippen LogP contribution in [0.15, 0.2) is 70.6 Å². The van der Waals surface area contributed by atoms with E-state index in [9.17, 15) is 10.5 Å². The molecule has 0 saturated carbocycles. The van der Waals surface area contributed by atoms with E-state index in [2.05, 4.69) is 17.1 Å². The summed E-state index contributed by atoms with van der Waals surface area (Å²) >= 11 is 7.58. The van der Waals surface area contributed by atoms with Gasteiger partial charge >= 0.3 is 0 Å². The largest absolute Gasteiger partial charge is 0.227 e. The Morgan fingerprint density at radius 1 is 0.833 bits per heavy atom. The van der Waals surface area contributed by atoms with Crippen molar-refractivity contribution in [1.82, 2.24) is 4.98 Å². The van der Waals surface area contributed by atoms with Crippen molar-refractivity contribution in [3.63, 3.8) is 0 Å². The second-order valence-corrected chi connectivity index (χ2v) is 6.26. The minimum atomic E-state index is 0.105. The first-order chi connectivity index (χ1) is 11.7. The van der Waals surface area contributed by atoms with Crippen molar-refractivity contribution in [3.05, 3.63) is 76.9 Å². The van der Waals surface area contributed by atoms with Crippen molar-refractivity contribution >= 4 is 23.4 Å². The van der Waals surface area contributed by atoms with Crippen molar-refractivity contribution < 1.29 is 0 Å². The maximum Gasteiger partial charge on any atom is 0.148 e. The van der Waals surface area contributed by atoms with Gasteiger partial charge in [-0.25, -0.2) is 4.98 Å². The molecule has 1 aromatic heterocycles. The number of hydrogen-bond acceptors (Lipinski definition) is 4. The highest BCUT2D eigenvalue weighted by molar-refractivity contribution is 7.99. The zero-order valence-corrected chi connectivity index (χ0v) is 14.0. The number of rotatable bonds is 3. The Bertz CT molecular complexity index is 958. The Balaban J connectivity index is 2.24. The van der Waals surface area contributed by atoms with Crippen molar-refractivity contribution in [1.29, 1.82) is 10.5 Å². The van der Waals surface area contributed by atoms with Crippen molar-refractivity contribution in [2.75, 3.05) is 0 Å². The summed E-state index contributed by atoms with van der Waals surface area (Å²) in [6, 6.07) is 23.2. The molecule has 0 atom stereocenters. The number of hydrogen-bond donors (Lipinski definition) is 0. The van der Waals surface area contributed by atoms with Gasteiger partial charge in [0.15, 0.2) is 0 Å². The molecule has 0 aliphatic rings. The molecule has 3 nitrogen and oxygen atoms in total. The lowest BCUT2D eigenvalue weighted by Gasteiger charge is -2.12. The fourth-order valence-electron chi connectivity index (χ4n) is 2.31. The molecule has 0 bridgehead atoms. The molecule has 2 aromatic carbocycles. The molecule has 0 spiro atoms. The van der Waals surface area contributed by atoms with Crippen LogP contribution in [0.2, 0.25) is 5.15 Å². The molecule has 5 heteroatoms. The molecule has 0 amide bonds. The molecule has 0 aliphatic heterocycles. The van der Waals surface area contributed by atoms with Gasteiger partial charge in [-0.2, -0.15) is 10.5 Å². The predicted molar refractivity (Wildman–Crippen MR) is 94.7 cm³/mol. The normalized spacial score (nSPS) is 9.96. The second-order valence-electron chi connectivity index (χ2n) is 4.84. The highest BCUT2D eigenvalue weighted by Gasteiger charge is 2.20. The Kier molecular flexibility index (Phi) is 4.82. The van der Waals surface area contributed by atoms with Crippen molar-refractivity contribution in [2.24, 2.45) is 0 Å². The number of aromatic nitrogens is 1. The van der Waals surface area contributed by atoms with E-state index in [1.807, 2.05) is 60.7 Å². The molecule has 0 aliphatic carbocycles. The quantitative estimate of drug-likeness (QED) is 0.603. The summed E-state index contributed by atoms with van der Waals surface area (Å²) in [6.45, 7) is 0. The minimum absolute atomic E-state index is 0.105. The van der Waals surface area contributed by atoms with E-state index in [-0.39, 0.29) is 10.7 Å². The van der Waals surface area contributed by atoms with Crippen LogP contribution < -0.4 is 0 Å². The van der Waals surface area contributed by atoms with Gasteiger partial charge in [-0.3, -0.25) is 0 Å². The molecule has 0 radical (unpaired) electrons. The van der Waals surface area contributed by atoms with Crippen molar-refractivity contribution in [3.8, 4) is 23.3 Å². The monoisotopic (exact) mass is 347 g/mol. The first-order valence-electron chi connectivity index (χ1n) is 7.06. The Hall–Kier alpha value is -2.79. The molecule has 0 fully saturated rings. The summed E-state index contributed by atoms with van der Waals surface area (Å²) in [6.07, 6.45) is 0. The van der Waals surface area contributed by atoms with Crippen LogP contribution in [-0.2, 0) is 0 Å². The first kappa shape index (κ1) is 16.1. The summed E-state index contributed by atoms with van der Waals surface area (Å²) in [4.78, 5) is 5.23. The highest BCUT2D eigenvalue weighted by Crippen LogP contribution is 2.38. The molecular formula is C19H10ClN3S. The molecule has 0 saturated heterocycles. The third kappa shape index (κ3) is 3.12. The fourth-order valence-corrected chi connectivity index (χ4v) is 3.48. The fraction of sp³-hybridized carbons (Fsp3) is 0.